The highest BCUT2D eigenvalue weighted by Gasteiger charge is 2.59. The van der Waals surface area contributed by atoms with Gasteiger partial charge in [0.15, 0.2) is 0 Å². The van der Waals surface area contributed by atoms with Gasteiger partial charge in [0.25, 0.3) is 0 Å². The van der Waals surface area contributed by atoms with Crippen LogP contribution in [0.4, 0.5) is 0 Å². The molecule has 66 heavy (non-hydrogen) atoms. The molecule has 6 unspecified atom stereocenters. The quantitative estimate of drug-likeness (QED) is 0.0485. The van der Waals surface area contributed by atoms with Crippen LogP contribution < -0.4 is 0 Å². The van der Waals surface area contributed by atoms with Gasteiger partial charge >= 0.3 is 0 Å². The van der Waals surface area contributed by atoms with Gasteiger partial charge in [-0.15, -0.1) is 0 Å². The van der Waals surface area contributed by atoms with Crippen molar-refractivity contribution in [2.45, 2.75) is 246 Å². The first-order chi connectivity index (χ1) is 32.2. The van der Waals surface area contributed by atoms with Crippen LogP contribution in [0.5, 0.6) is 0 Å². The molecule has 1 heterocycles. The van der Waals surface area contributed by atoms with Gasteiger partial charge in [0, 0.05) is 19.7 Å². The number of fused-ring (bicyclic) bond motifs is 6. The lowest BCUT2D eigenvalue weighted by atomic mass is 9.47. The summed E-state index contributed by atoms with van der Waals surface area (Å²) < 4.78 is 25.6. The minimum absolute atomic E-state index is 0.121. The van der Waals surface area contributed by atoms with Crippen LogP contribution in [-0.2, 0) is 18.9 Å². The van der Waals surface area contributed by atoms with E-state index in [1.54, 1.807) is 5.57 Å². The first-order valence-corrected chi connectivity index (χ1v) is 29.7. The van der Waals surface area contributed by atoms with Crippen molar-refractivity contribution in [3.8, 4) is 0 Å². The maximum Gasteiger partial charge on any atom is 0.0936 e. The van der Waals surface area contributed by atoms with Crippen LogP contribution in [0, 0.1) is 58.2 Å². The summed E-state index contributed by atoms with van der Waals surface area (Å²) in [7, 11) is 0. The third-order valence-corrected chi connectivity index (χ3v) is 19.4. The molecule has 0 aromatic rings. The molecule has 4 saturated carbocycles. The van der Waals surface area contributed by atoms with Crippen molar-refractivity contribution in [2.75, 3.05) is 59.3 Å². The molecule has 6 aliphatic rings. The van der Waals surface area contributed by atoms with Gasteiger partial charge in [-0.1, -0.05) is 162 Å². The van der Waals surface area contributed by atoms with Crippen molar-refractivity contribution < 1.29 is 18.9 Å². The summed E-state index contributed by atoms with van der Waals surface area (Å²) in [5.74, 6) is 7.23. The van der Waals surface area contributed by atoms with E-state index in [2.05, 4.69) is 64.7 Å². The Bertz CT molecular complexity index is 1360. The fourth-order valence-corrected chi connectivity index (χ4v) is 15.4. The Morgan fingerprint density at radius 1 is 0.682 bits per heavy atom. The van der Waals surface area contributed by atoms with Crippen molar-refractivity contribution in [3.63, 3.8) is 0 Å². The molecule has 0 aromatic carbocycles. The van der Waals surface area contributed by atoms with Crippen molar-refractivity contribution in [2.24, 2.45) is 58.2 Å². The van der Waals surface area contributed by atoms with Crippen molar-refractivity contribution in [3.05, 3.63) is 23.8 Å². The number of unbranched alkanes of at least 4 members (excludes halogenated alkanes) is 12. The van der Waals surface area contributed by atoms with Crippen LogP contribution in [-0.4, -0.2) is 76.4 Å². The van der Waals surface area contributed by atoms with E-state index in [0.29, 0.717) is 50.0 Å². The molecule has 0 radical (unpaired) electrons. The molecule has 382 valence electrons. The molecule has 0 bridgehead atoms. The average Bonchev–Trinajstić information content (AvgIpc) is 3.68. The third kappa shape index (κ3) is 16.7. The van der Waals surface area contributed by atoms with Crippen LogP contribution in [0.2, 0.25) is 0 Å². The number of hydrogen-bond donors (Lipinski definition) is 0. The number of ether oxygens (including phenoxy) is 4. The number of nitrogens with zero attached hydrogens (tertiary/aromatic N) is 1. The Hall–Kier alpha value is -0.720. The number of allylic oxidation sites excluding steroid dienone is 3. The van der Waals surface area contributed by atoms with Crippen LogP contribution in [0.1, 0.15) is 234 Å². The smallest absolute Gasteiger partial charge is 0.0936 e. The van der Waals surface area contributed by atoms with E-state index in [9.17, 15) is 0 Å². The maximum absolute atomic E-state index is 6.57. The zero-order valence-corrected chi connectivity index (χ0v) is 44.7. The molecular weight excluding hydrogens is 811 g/mol. The molecule has 5 heteroatoms. The van der Waals surface area contributed by atoms with E-state index in [-0.39, 0.29) is 6.10 Å². The normalized spacial score (nSPS) is 32.2. The first kappa shape index (κ1) is 54.6. The summed E-state index contributed by atoms with van der Waals surface area (Å²) >= 11 is 0. The Morgan fingerprint density at radius 2 is 1.41 bits per heavy atom. The zero-order valence-electron chi connectivity index (χ0n) is 44.7. The van der Waals surface area contributed by atoms with Gasteiger partial charge in [-0.25, -0.2) is 0 Å². The third-order valence-electron chi connectivity index (χ3n) is 19.4. The van der Waals surface area contributed by atoms with E-state index < -0.39 is 0 Å². The molecule has 0 amide bonds. The predicted octanol–water partition coefficient (Wildman–Crippen LogP) is 16.4. The van der Waals surface area contributed by atoms with E-state index in [1.165, 1.54) is 199 Å². The molecule has 1 saturated heterocycles. The van der Waals surface area contributed by atoms with E-state index >= 15 is 0 Å². The minimum atomic E-state index is 0.121. The van der Waals surface area contributed by atoms with Gasteiger partial charge in [-0.05, 0) is 161 Å². The van der Waals surface area contributed by atoms with Gasteiger partial charge in [0.05, 0.1) is 45.2 Å². The Morgan fingerprint density at radius 3 is 2.18 bits per heavy atom. The molecule has 0 spiro atoms. The Balaban J connectivity index is 0.833. The number of piperidine rings is 1. The van der Waals surface area contributed by atoms with Gasteiger partial charge in [0.1, 0.15) is 0 Å². The van der Waals surface area contributed by atoms with Crippen LogP contribution in [0.25, 0.3) is 0 Å². The van der Waals surface area contributed by atoms with Crippen LogP contribution in [0.3, 0.4) is 0 Å². The second-order valence-corrected chi connectivity index (χ2v) is 24.5. The fourth-order valence-electron chi connectivity index (χ4n) is 15.4. The van der Waals surface area contributed by atoms with Gasteiger partial charge in [0.2, 0.25) is 0 Å². The number of likely N-dealkylation sites (tertiary alicyclic amines) is 1. The van der Waals surface area contributed by atoms with Crippen molar-refractivity contribution in [1.29, 1.82) is 0 Å². The van der Waals surface area contributed by atoms with Crippen LogP contribution >= 0.6 is 0 Å². The topological polar surface area (TPSA) is 40.2 Å². The molecule has 5 fully saturated rings. The Labute approximate surface area is 409 Å². The second kappa shape index (κ2) is 29.6. The molecule has 11 atom stereocenters. The molecule has 1 aliphatic heterocycles. The number of rotatable bonds is 33. The molecule has 6 rings (SSSR count). The van der Waals surface area contributed by atoms with Gasteiger partial charge < -0.3 is 23.8 Å². The van der Waals surface area contributed by atoms with E-state index in [1.807, 2.05) is 0 Å². The molecule has 5 aliphatic carbocycles. The minimum Gasteiger partial charge on any atom is -0.379 e. The molecule has 5 nitrogen and oxygen atoms in total. The summed E-state index contributed by atoms with van der Waals surface area (Å²) in [4.78, 5) is 2.70. The predicted molar refractivity (Wildman–Crippen MR) is 280 cm³/mol. The summed E-state index contributed by atoms with van der Waals surface area (Å²) in [5, 5.41) is 0. The van der Waals surface area contributed by atoms with Crippen molar-refractivity contribution >= 4 is 0 Å². The second-order valence-electron chi connectivity index (χ2n) is 24.5. The fraction of sp³-hybridized carbons (Fsp3) is 0.934. The first-order valence-electron chi connectivity index (χ1n) is 29.7. The summed E-state index contributed by atoms with van der Waals surface area (Å²) in [6, 6.07) is 0. The Kier molecular flexibility index (Phi) is 24.5. The molecule has 0 aromatic heterocycles. The SMILES string of the molecule is CCCCCCCC/C=C\CCCCCCCCOCC(CN1CCC2CCCCC2C1)OCCOCCO[C@H]1CC[C@@]2(C)C(=CCC3[C@@H]4CC[C@@H](C(C)CCCC(C)C)C4(C)CC[C@@H]32)C1. The highest BCUT2D eigenvalue weighted by molar-refractivity contribution is 5.25. The standard InChI is InChI=1S/C61H109NO4/c1-7-8-9-10-11-12-13-14-15-16-17-18-19-20-21-24-40-64-48-55(47-62-39-36-51-28-22-23-29-52(51)46-62)66-44-42-63-41-43-65-54-34-37-60(5)53(45-54)30-31-56-58-33-32-57(50(4)27-25-26-49(2)3)61(58,6)38-35-59(56)60/h14-15,30,49-52,54-59H,7-13,16-29,31-48H2,1-6H3/b15-14-/t50?,51?,52?,54-,55?,56?,57-,58-,59-,60-,61?/m0/s1. The largest absolute Gasteiger partial charge is 0.379 e. The maximum atomic E-state index is 6.57. The highest BCUT2D eigenvalue weighted by Crippen LogP contribution is 2.67. The average molecular weight is 921 g/mol. The summed E-state index contributed by atoms with van der Waals surface area (Å²) in [6.07, 6.45) is 49.0. The van der Waals surface area contributed by atoms with E-state index in [0.717, 1.165) is 66.9 Å². The molecular formula is C61H109NO4. The zero-order chi connectivity index (χ0) is 46.5. The van der Waals surface area contributed by atoms with Crippen LogP contribution in [0.15, 0.2) is 23.8 Å². The van der Waals surface area contributed by atoms with Crippen molar-refractivity contribution in [1.82, 2.24) is 4.90 Å². The number of hydrogen-bond acceptors (Lipinski definition) is 5. The molecule has 0 N–H and O–H groups in total. The van der Waals surface area contributed by atoms with Gasteiger partial charge in [-0.2, -0.15) is 0 Å². The summed E-state index contributed by atoms with van der Waals surface area (Å²) in [5.41, 5.74) is 2.69. The highest BCUT2D eigenvalue weighted by atomic mass is 16.6. The monoisotopic (exact) mass is 920 g/mol. The lowest BCUT2D eigenvalue weighted by molar-refractivity contribution is -0.0751. The van der Waals surface area contributed by atoms with E-state index in [4.69, 9.17) is 18.9 Å². The van der Waals surface area contributed by atoms with Gasteiger partial charge in [-0.3, -0.25) is 0 Å². The lowest BCUT2D eigenvalue weighted by Gasteiger charge is -2.58. The summed E-state index contributed by atoms with van der Waals surface area (Å²) in [6.45, 7) is 22.7. The lowest BCUT2D eigenvalue weighted by Crippen LogP contribution is -2.51.